The first-order chi connectivity index (χ1) is 9.07. The van der Waals surface area contributed by atoms with Crippen LogP contribution in [0.15, 0.2) is 24.3 Å². The summed E-state index contributed by atoms with van der Waals surface area (Å²) in [5.74, 6) is 0.917. The topological polar surface area (TPSA) is 72.2 Å². The highest BCUT2D eigenvalue weighted by Gasteiger charge is 2.11. The summed E-state index contributed by atoms with van der Waals surface area (Å²) in [6, 6.07) is 7.61. The highest BCUT2D eigenvalue weighted by molar-refractivity contribution is 7.91. The van der Waals surface area contributed by atoms with Crippen molar-refractivity contribution in [2.24, 2.45) is 0 Å². The number of benzene rings is 1. The normalized spacial score (nSPS) is 12.1. The predicted molar refractivity (Wildman–Crippen MR) is 74.6 cm³/mol. The number of aryl methyl sites for hydroxylation is 1. The second kappa shape index (κ2) is 5.71. The Labute approximate surface area is 112 Å². The third-order valence-electron chi connectivity index (χ3n) is 3.15. The van der Waals surface area contributed by atoms with E-state index in [1.165, 1.54) is 0 Å². The van der Waals surface area contributed by atoms with Crippen LogP contribution < -0.4 is 0 Å². The molecular weight excluding hydrogens is 264 g/mol. The summed E-state index contributed by atoms with van der Waals surface area (Å²) in [5, 5.41) is 9.32. The highest BCUT2D eigenvalue weighted by atomic mass is 32.2. The van der Waals surface area contributed by atoms with Crippen molar-refractivity contribution < 1.29 is 13.5 Å². The molecule has 1 aromatic carbocycles. The molecule has 0 atom stereocenters. The maximum atomic E-state index is 11.5. The average molecular weight is 282 g/mol. The fraction of sp³-hybridized carbons (Fsp3) is 0.462. The number of aliphatic hydroxyl groups excluding tert-OH is 1. The minimum Gasteiger partial charge on any atom is -0.388 e. The zero-order valence-electron chi connectivity index (χ0n) is 10.9. The number of rotatable bonds is 6. The van der Waals surface area contributed by atoms with E-state index in [0.717, 1.165) is 11.0 Å². The van der Waals surface area contributed by atoms with Crippen molar-refractivity contribution in [3.8, 4) is 0 Å². The van der Waals surface area contributed by atoms with Crippen LogP contribution in [-0.4, -0.2) is 34.6 Å². The number of fused-ring (bicyclic) bond motifs is 1. The number of aromatic nitrogens is 2. The third-order valence-corrected chi connectivity index (χ3v) is 4.94. The molecule has 0 bridgehead atoms. The van der Waals surface area contributed by atoms with E-state index in [1.807, 2.05) is 28.8 Å². The standard InChI is InChI=1S/C13H18N2O3S/c1-2-19(17,18)9-5-8-15-12-7-4-3-6-11(12)14-13(15)10-16/h3-4,6-7,16H,2,5,8-10H2,1H3. The van der Waals surface area contributed by atoms with Gasteiger partial charge in [0.1, 0.15) is 22.3 Å². The van der Waals surface area contributed by atoms with Gasteiger partial charge in [-0.1, -0.05) is 19.1 Å². The molecule has 0 unspecified atom stereocenters. The lowest BCUT2D eigenvalue weighted by Crippen LogP contribution is -2.12. The Balaban J connectivity index is 2.20. The summed E-state index contributed by atoms with van der Waals surface area (Å²) in [4.78, 5) is 4.33. The van der Waals surface area contributed by atoms with Gasteiger partial charge in [0.2, 0.25) is 0 Å². The summed E-state index contributed by atoms with van der Waals surface area (Å²) < 4.78 is 24.8. The van der Waals surface area contributed by atoms with Crippen LogP contribution in [0.5, 0.6) is 0 Å². The Kier molecular flexibility index (Phi) is 4.21. The van der Waals surface area contributed by atoms with Crippen LogP contribution in [0.4, 0.5) is 0 Å². The molecule has 1 N–H and O–H groups in total. The molecule has 0 radical (unpaired) electrons. The minimum absolute atomic E-state index is 0.144. The van der Waals surface area contributed by atoms with Crippen molar-refractivity contribution >= 4 is 20.9 Å². The SMILES string of the molecule is CCS(=O)(=O)CCCn1c(CO)nc2ccccc21. The van der Waals surface area contributed by atoms with Gasteiger partial charge in [0, 0.05) is 12.3 Å². The fourth-order valence-corrected chi connectivity index (χ4v) is 2.94. The van der Waals surface area contributed by atoms with Crippen molar-refractivity contribution in [2.75, 3.05) is 11.5 Å². The molecule has 0 amide bonds. The van der Waals surface area contributed by atoms with E-state index in [1.54, 1.807) is 6.92 Å². The van der Waals surface area contributed by atoms with E-state index in [-0.39, 0.29) is 18.1 Å². The largest absolute Gasteiger partial charge is 0.388 e. The molecule has 1 aromatic heterocycles. The number of hydrogen-bond donors (Lipinski definition) is 1. The van der Waals surface area contributed by atoms with Gasteiger partial charge in [-0.2, -0.15) is 0 Å². The minimum atomic E-state index is -2.94. The van der Waals surface area contributed by atoms with Crippen LogP contribution in [0, 0.1) is 0 Å². The van der Waals surface area contributed by atoms with Gasteiger partial charge in [0.25, 0.3) is 0 Å². The number of aliphatic hydroxyl groups is 1. The summed E-state index contributed by atoms with van der Waals surface area (Å²) in [5.41, 5.74) is 1.75. The Bertz CT molecular complexity index is 662. The molecule has 0 aliphatic carbocycles. The van der Waals surface area contributed by atoms with Gasteiger partial charge in [-0.15, -0.1) is 0 Å². The van der Waals surface area contributed by atoms with E-state index in [0.29, 0.717) is 18.8 Å². The van der Waals surface area contributed by atoms with Crippen LogP contribution >= 0.6 is 0 Å². The van der Waals surface area contributed by atoms with E-state index < -0.39 is 9.84 Å². The van der Waals surface area contributed by atoms with Crippen molar-refractivity contribution in [3.05, 3.63) is 30.1 Å². The lowest BCUT2D eigenvalue weighted by molar-refractivity contribution is 0.266. The van der Waals surface area contributed by atoms with E-state index >= 15 is 0 Å². The Morgan fingerprint density at radius 1 is 1.32 bits per heavy atom. The first kappa shape index (κ1) is 14.0. The lowest BCUT2D eigenvalue weighted by Gasteiger charge is -2.07. The maximum absolute atomic E-state index is 11.5. The van der Waals surface area contributed by atoms with Gasteiger partial charge < -0.3 is 9.67 Å². The molecule has 5 nitrogen and oxygen atoms in total. The summed E-state index contributed by atoms with van der Waals surface area (Å²) >= 11 is 0. The molecule has 19 heavy (non-hydrogen) atoms. The molecule has 0 aliphatic heterocycles. The predicted octanol–water partition coefficient (Wildman–Crippen LogP) is 1.35. The van der Waals surface area contributed by atoms with Crippen LogP contribution in [-0.2, 0) is 23.0 Å². The maximum Gasteiger partial charge on any atom is 0.150 e. The monoisotopic (exact) mass is 282 g/mol. The van der Waals surface area contributed by atoms with Crippen molar-refractivity contribution in [3.63, 3.8) is 0 Å². The molecule has 0 saturated heterocycles. The molecule has 0 spiro atoms. The number of hydrogen-bond acceptors (Lipinski definition) is 4. The smallest absolute Gasteiger partial charge is 0.150 e. The van der Waals surface area contributed by atoms with Crippen molar-refractivity contribution in [1.29, 1.82) is 0 Å². The quantitative estimate of drug-likeness (QED) is 0.868. The third kappa shape index (κ3) is 3.13. The van der Waals surface area contributed by atoms with E-state index in [2.05, 4.69) is 4.98 Å². The Morgan fingerprint density at radius 2 is 2.05 bits per heavy atom. The Morgan fingerprint density at radius 3 is 2.74 bits per heavy atom. The number of nitrogens with zero attached hydrogens (tertiary/aromatic N) is 2. The first-order valence-corrected chi connectivity index (χ1v) is 8.15. The van der Waals surface area contributed by atoms with Gasteiger partial charge in [-0.25, -0.2) is 13.4 Å². The first-order valence-electron chi connectivity index (χ1n) is 6.33. The lowest BCUT2D eigenvalue weighted by atomic mass is 10.3. The van der Waals surface area contributed by atoms with Crippen molar-refractivity contribution in [1.82, 2.24) is 9.55 Å². The fourth-order valence-electron chi connectivity index (χ4n) is 2.08. The molecular formula is C13H18N2O3S. The van der Waals surface area contributed by atoms with Crippen LogP contribution in [0.1, 0.15) is 19.2 Å². The summed E-state index contributed by atoms with van der Waals surface area (Å²) in [7, 11) is -2.94. The zero-order valence-corrected chi connectivity index (χ0v) is 11.7. The highest BCUT2D eigenvalue weighted by Crippen LogP contribution is 2.16. The van der Waals surface area contributed by atoms with Crippen LogP contribution in [0.25, 0.3) is 11.0 Å². The zero-order chi connectivity index (χ0) is 13.9. The molecule has 104 valence electrons. The molecule has 0 fully saturated rings. The molecule has 2 rings (SSSR count). The summed E-state index contributed by atoms with van der Waals surface area (Å²) in [6.07, 6.45) is 0.531. The molecule has 1 heterocycles. The number of sulfone groups is 1. The van der Waals surface area contributed by atoms with Gasteiger partial charge in [-0.3, -0.25) is 0 Å². The second-order valence-corrected chi connectivity index (χ2v) is 6.89. The van der Waals surface area contributed by atoms with Crippen molar-refractivity contribution in [2.45, 2.75) is 26.5 Å². The molecule has 2 aromatic rings. The molecule has 6 heteroatoms. The van der Waals surface area contributed by atoms with E-state index in [9.17, 15) is 13.5 Å². The van der Waals surface area contributed by atoms with Crippen LogP contribution in [0.3, 0.4) is 0 Å². The average Bonchev–Trinajstić information content (AvgIpc) is 2.77. The number of imidazole rings is 1. The van der Waals surface area contributed by atoms with E-state index in [4.69, 9.17) is 0 Å². The molecule has 0 saturated carbocycles. The molecule has 0 aliphatic rings. The van der Waals surface area contributed by atoms with Gasteiger partial charge in [0.05, 0.1) is 16.8 Å². The van der Waals surface area contributed by atoms with Gasteiger partial charge in [0.15, 0.2) is 0 Å². The second-order valence-electron chi connectivity index (χ2n) is 4.42. The number of para-hydroxylation sites is 2. The summed E-state index contributed by atoms with van der Waals surface area (Å²) in [6.45, 7) is 2.06. The van der Waals surface area contributed by atoms with Gasteiger partial charge >= 0.3 is 0 Å². The van der Waals surface area contributed by atoms with Gasteiger partial charge in [-0.05, 0) is 18.6 Å². The van der Waals surface area contributed by atoms with Crippen LogP contribution in [0.2, 0.25) is 0 Å². The Hall–Kier alpha value is -1.40.